The molecular weight excluding hydrogens is 354 g/mol. The highest BCUT2D eigenvalue weighted by molar-refractivity contribution is 7.12. The van der Waals surface area contributed by atoms with E-state index in [1.807, 2.05) is 30.5 Å². The maximum Gasteiger partial charge on any atom is 0.350 e. The molecule has 0 fully saturated rings. The molecule has 0 saturated carbocycles. The van der Waals surface area contributed by atoms with Gasteiger partial charge in [0, 0.05) is 23.6 Å². The highest BCUT2D eigenvalue weighted by atomic mass is 32.1. The minimum atomic E-state index is -0.826. The van der Waals surface area contributed by atoms with Crippen molar-refractivity contribution in [3.63, 3.8) is 0 Å². The summed E-state index contributed by atoms with van der Waals surface area (Å²) >= 11 is 1.13. The van der Waals surface area contributed by atoms with Gasteiger partial charge in [-0.25, -0.2) is 4.79 Å². The van der Waals surface area contributed by atoms with Crippen LogP contribution in [0.15, 0.2) is 41.9 Å². The first-order valence-corrected chi connectivity index (χ1v) is 8.78. The van der Waals surface area contributed by atoms with Crippen molar-refractivity contribution in [1.82, 2.24) is 10.3 Å². The highest BCUT2D eigenvalue weighted by Crippen LogP contribution is 2.23. The van der Waals surface area contributed by atoms with Crippen molar-refractivity contribution in [2.24, 2.45) is 0 Å². The molecule has 0 spiro atoms. The minimum absolute atomic E-state index is 0.243. The summed E-state index contributed by atoms with van der Waals surface area (Å²) in [7, 11) is 1.26. The first-order chi connectivity index (χ1) is 12.6. The fraction of sp³-hybridized carbons (Fsp3) is 0.167. The van der Waals surface area contributed by atoms with E-state index in [1.54, 1.807) is 11.4 Å². The first kappa shape index (κ1) is 17.7. The Bertz CT molecular complexity index is 960. The number of thiophene rings is 1. The summed E-state index contributed by atoms with van der Waals surface area (Å²) in [5.41, 5.74) is 2.35. The number of H-pyrrole nitrogens is 1. The molecule has 0 radical (unpaired) electrons. The number of fused-ring (bicyclic) bond motifs is 1. The van der Waals surface area contributed by atoms with E-state index < -0.39 is 17.8 Å². The monoisotopic (exact) mass is 371 g/mol. The lowest BCUT2D eigenvalue weighted by atomic mass is 10.1. The Morgan fingerprint density at radius 1 is 1.15 bits per heavy atom. The van der Waals surface area contributed by atoms with Crippen LogP contribution in [0.25, 0.3) is 10.9 Å². The molecule has 7 nitrogen and oxygen atoms in total. The molecule has 0 atom stereocenters. The lowest BCUT2D eigenvalue weighted by Gasteiger charge is -2.06. The zero-order valence-electron chi connectivity index (χ0n) is 14.0. The molecule has 3 aromatic rings. The number of carbonyl (C=O) groups is 3. The van der Waals surface area contributed by atoms with Crippen LogP contribution in [0.5, 0.6) is 0 Å². The van der Waals surface area contributed by atoms with Gasteiger partial charge in [0.25, 0.3) is 0 Å². The number of anilines is 1. The molecule has 0 aliphatic carbocycles. The summed E-state index contributed by atoms with van der Waals surface area (Å²) in [5.74, 6) is -2.14. The number of nitrogens with one attached hydrogen (secondary N) is 3. The first-order valence-electron chi connectivity index (χ1n) is 7.90. The molecule has 1 aromatic carbocycles. The van der Waals surface area contributed by atoms with Crippen LogP contribution >= 0.6 is 11.3 Å². The number of para-hydroxylation sites is 1. The zero-order chi connectivity index (χ0) is 18.5. The van der Waals surface area contributed by atoms with Crippen LogP contribution in [-0.2, 0) is 20.7 Å². The lowest BCUT2D eigenvalue weighted by molar-refractivity contribution is -0.136. The van der Waals surface area contributed by atoms with Crippen molar-refractivity contribution in [3.05, 3.63) is 52.3 Å². The molecule has 3 N–H and O–H groups in total. The number of rotatable bonds is 5. The second-order valence-corrected chi connectivity index (χ2v) is 6.39. The van der Waals surface area contributed by atoms with Crippen molar-refractivity contribution < 1.29 is 19.1 Å². The average Bonchev–Trinajstić information content (AvgIpc) is 3.28. The van der Waals surface area contributed by atoms with Gasteiger partial charge in [-0.15, -0.1) is 11.3 Å². The number of aromatic amines is 1. The number of amides is 2. The van der Waals surface area contributed by atoms with Gasteiger partial charge in [-0.3, -0.25) is 9.59 Å². The van der Waals surface area contributed by atoms with Crippen molar-refractivity contribution in [1.29, 1.82) is 0 Å². The molecule has 26 heavy (non-hydrogen) atoms. The van der Waals surface area contributed by atoms with Gasteiger partial charge < -0.3 is 20.4 Å². The van der Waals surface area contributed by atoms with E-state index >= 15 is 0 Å². The molecule has 2 heterocycles. The Morgan fingerprint density at radius 2 is 1.96 bits per heavy atom. The SMILES string of the molecule is COC(=O)c1sccc1NC(=O)C(=O)NCCc1c[nH]c2ccccc12. The van der Waals surface area contributed by atoms with Gasteiger partial charge in [-0.1, -0.05) is 18.2 Å². The number of methoxy groups -OCH3 is 1. The van der Waals surface area contributed by atoms with Crippen LogP contribution in [-0.4, -0.2) is 36.4 Å². The topological polar surface area (TPSA) is 100 Å². The van der Waals surface area contributed by atoms with Crippen LogP contribution in [0.3, 0.4) is 0 Å². The molecule has 2 amide bonds. The summed E-state index contributed by atoms with van der Waals surface area (Å²) in [4.78, 5) is 39.0. The predicted octanol–water partition coefficient (Wildman–Crippen LogP) is 2.31. The van der Waals surface area contributed by atoms with Gasteiger partial charge in [0.1, 0.15) is 4.88 Å². The molecule has 2 aromatic heterocycles. The van der Waals surface area contributed by atoms with Crippen molar-refractivity contribution in [2.75, 3.05) is 19.0 Å². The number of aromatic nitrogens is 1. The number of esters is 1. The normalized spacial score (nSPS) is 10.5. The Kier molecular flexibility index (Phi) is 5.33. The fourth-order valence-corrected chi connectivity index (χ4v) is 3.33. The number of hydrogen-bond donors (Lipinski definition) is 3. The quantitative estimate of drug-likeness (QED) is 0.473. The van der Waals surface area contributed by atoms with E-state index in [-0.39, 0.29) is 10.6 Å². The van der Waals surface area contributed by atoms with Crippen LogP contribution in [0.4, 0.5) is 5.69 Å². The molecule has 0 saturated heterocycles. The van der Waals surface area contributed by atoms with E-state index in [9.17, 15) is 14.4 Å². The van der Waals surface area contributed by atoms with Crippen molar-refractivity contribution >= 4 is 45.7 Å². The summed E-state index contributed by atoms with van der Waals surface area (Å²) in [6, 6.07) is 9.42. The molecule has 0 aliphatic heterocycles. The number of carbonyl (C=O) groups excluding carboxylic acids is 3. The minimum Gasteiger partial charge on any atom is -0.465 e. The van der Waals surface area contributed by atoms with E-state index in [0.29, 0.717) is 13.0 Å². The third-order valence-corrected chi connectivity index (χ3v) is 4.74. The maximum absolute atomic E-state index is 12.0. The summed E-state index contributed by atoms with van der Waals surface area (Å²) in [6.45, 7) is 0.321. The number of hydrogen-bond acceptors (Lipinski definition) is 5. The highest BCUT2D eigenvalue weighted by Gasteiger charge is 2.19. The predicted molar refractivity (Wildman–Crippen MR) is 99.3 cm³/mol. The Labute approximate surface area is 153 Å². The molecule has 8 heteroatoms. The number of ether oxygens (including phenoxy) is 1. The Balaban J connectivity index is 1.54. The Morgan fingerprint density at radius 3 is 2.77 bits per heavy atom. The van der Waals surface area contributed by atoms with E-state index in [4.69, 9.17) is 0 Å². The molecular formula is C18H17N3O4S. The van der Waals surface area contributed by atoms with E-state index in [1.165, 1.54) is 7.11 Å². The van der Waals surface area contributed by atoms with Crippen LogP contribution in [0.1, 0.15) is 15.2 Å². The van der Waals surface area contributed by atoms with E-state index in [0.717, 1.165) is 27.8 Å². The third-order valence-electron chi connectivity index (χ3n) is 3.85. The van der Waals surface area contributed by atoms with E-state index in [2.05, 4.69) is 20.4 Å². The standard InChI is InChI=1S/C18H17N3O4S/c1-25-18(24)15-14(7-9-26-15)21-17(23)16(22)19-8-6-11-10-20-13-5-3-2-4-12(11)13/h2-5,7,9-10,20H,6,8H2,1H3,(H,19,22)(H,21,23). The van der Waals surface area contributed by atoms with Gasteiger partial charge in [0.2, 0.25) is 0 Å². The van der Waals surface area contributed by atoms with Crippen LogP contribution < -0.4 is 10.6 Å². The van der Waals surface area contributed by atoms with Gasteiger partial charge in [0.05, 0.1) is 12.8 Å². The molecule has 0 unspecified atom stereocenters. The molecule has 0 bridgehead atoms. The smallest absolute Gasteiger partial charge is 0.350 e. The molecule has 134 valence electrons. The maximum atomic E-state index is 12.0. The lowest BCUT2D eigenvalue weighted by Crippen LogP contribution is -2.36. The van der Waals surface area contributed by atoms with Gasteiger partial charge in [0.15, 0.2) is 0 Å². The summed E-state index contributed by atoms with van der Waals surface area (Å²) in [6.07, 6.45) is 2.49. The fourth-order valence-electron chi connectivity index (χ4n) is 2.57. The summed E-state index contributed by atoms with van der Waals surface area (Å²) < 4.78 is 4.64. The Hall–Kier alpha value is -3.13. The van der Waals surface area contributed by atoms with Gasteiger partial charge in [-0.05, 0) is 29.5 Å². The third kappa shape index (κ3) is 3.75. The average molecular weight is 371 g/mol. The number of benzene rings is 1. The second kappa shape index (κ2) is 7.83. The molecule has 0 aliphatic rings. The zero-order valence-corrected chi connectivity index (χ0v) is 14.8. The van der Waals surface area contributed by atoms with Crippen LogP contribution in [0, 0.1) is 0 Å². The van der Waals surface area contributed by atoms with Crippen LogP contribution in [0.2, 0.25) is 0 Å². The van der Waals surface area contributed by atoms with Crippen molar-refractivity contribution in [3.8, 4) is 0 Å². The molecule has 3 rings (SSSR count). The van der Waals surface area contributed by atoms with Gasteiger partial charge in [-0.2, -0.15) is 0 Å². The largest absolute Gasteiger partial charge is 0.465 e. The summed E-state index contributed by atoms with van der Waals surface area (Å²) in [5, 5.41) is 7.74. The van der Waals surface area contributed by atoms with Gasteiger partial charge >= 0.3 is 17.8 Å². The van der Waals surface area contributed by atoms with Crippen molar-refractivity contribution in [2.45, 2.75) is 6.42 Å². The second-order valence-electron chi connectivity index (χ2n) is 5.47.